The van der Waals surface area contributed by atoms with Crippen LogP contribution in [-0.4, -0.2) is 48.6 Å². The Hall–Kier alpha value is -1.75. The number of rotatable bonds is 2. The fourth-order valence-electron chi connectivity index (χ4n) is 8.75. The molecule has 4 aliphatic carbocycles. The van der Waals surface area contributed by atoms with Crippen LogP contribution in [-0.2, 0) is 28.5 Å². The minimum Gasteiger partial charge on any atom is -0.463 e. The van der Waals surface area contributed by atoms with Gasteiger partial charge in [0.25, 0.3) is 5.60 Å². The summed E-state index contributed by atoms with van der Waals surface area (Å²) < 4.78 is 23.3. The maximum Gasteiger partial charge on any atom is 0.356 e. The minimum atomic E-state index is -1.58. The summed E-state index contributed by atoms with van der Waals surface area (Å²) in [5.74, 6) is -0.460. The standard InChI is InChI=1S/C26H33NO6/c1-4-30-21(29)25(15-27)26(33-25)8-7-18-17-6-5-16-13-24(31-11-12-32-24)10-9-22(16,2)20(17)19(28)14-23(18,26)3/h5,17-18,20H,4,6-14H2,1-3H3/t17-,18-,20+,22-,23-,25+,26+/m0/s1. The summed E-state index contributed by atoms with van der Waals surface area (Å²) >= 11 is 0. The van der Waals surface area contributed by atoms with E-state index in [0.717, 1.165) is 32.1 Å². The molecule has 2 heterocycles. The number of nitriles is 1. The maximum atomic E-state index is 13.9. The van der Waals surface area contributed by atoms with Gasteiger partial charge >= 0.3 is 5.97 Å². The predicted molar refractivity (Wildman–Crippen MR) is 116 cm³/mol. The zero-order chi connectivity index (χ0) is 23.3. The average Bonchev–Trinajstić information content (AvgIpc) is 3.11. The number of hydrogen-bond acceptors (Lipinski definition) is 7. The number of epoxide rings is 1. The molecule has 0 aromatic carbocycles. The van der Waals surface area contributed by atoms with Gasteiger partial charge in [0.15, 0.2) is 5.79 Å². The molecule has 0 unspecified atom stereocenters. The Morgan fingerprint density at radius 2 is 1.97 bits per heavy atom. The number of allylic oxidation sites excluding steroid dienone is 1. The van der Waals surface area contributed by atoms with Gasteiger partial charge in [0.2, 0.25) is 0 Å². The zero-order valence-electron chi connectivity index (χ0n) is 19.8. The first-order chi connectivity index (χ1) is 15.7. The van der Waals surface area contributed by atoms with Gasteiger partial charge in [-0.15, -0.1) is 0 Å². The largest absolute Gasteiger partial charge is 0.463 e. The fraction of sp³-hybridized carbons (Fsp3) is 0.808. The first-order valence-electron chi connectivity index (χ1n) is 12.5. The monoisotopic (exact) mass is 455 g/mol. The van der Waals surface area contributed by atoms with Crippen molar-refractivity contribution in [2.45, 2.75) is 82.7 Å². The van der Waals surface area contributed by atoms with E-state index in [1.807, 2.05) is 0 Å². The van der Waals surface area contributed by atoms with Gasteiger partial charge in [-0.3, -0.25) is 4.79 Å². The summed E-state index contributed by atoms with van der Waals surface area (Å²) in [5.41, 5.74) is -1.91. The molecule has 178 valence electrons. The molecule has 2 spiro atoms. The van der Waals surface area contributed by atoms with Crippen LogP contribution in [0, 0.1) is 39.9 Å². The van der Waals surface area contributed by atoms with Crippen LogP contribution < -0.4 is 0 Å². The molecule has 0 radical (unpaired) electrons. The molecule has 0 N–H and O–H groups in total. The molecule has 7 nitrogen and oxygen atoms in total. The molecule has 2 aliphatic heterocycles. The second-order valence-corrected chi connectivity index (χ2v) is 11.5. The maximum absolute atomic E-state index is 13.9. The Balaban J connectivity index is 1.34. The highest BCUT2D eigenvalue weighted by atomic mass is 16.7. The molecule has 2 saturated heterocycles. The second-order valence-electron chi connectivity index (χ2n) is 11.5. The summed E-state index contributed by atoms with van der Waals surface area (Å²) in [6.07, 6.45) is 7.45. The molecule has 0 bridgehead atoms. The zero-order valence-corrected chi connectivity index (χ0v) is 19.8. The topological polar surface area (TPSA) is 98.2 Å². The van der Waals surface area contributed by atoms with Gasteiger partial charge < -0.3 is 18.9 Å². The van der Waals surface area contributed by atoms with E-state index >= 15 is 0 Å². The number of Topliss-reactive ketones (excluding diaryl/α,β-unsaturated/α-hetero) is 1. The third kappa shape index (κ3) is 2.45. The number of nitrogens with zero attached hydrogens (tertiary/aromatic N) is 1. The predicted octanol–water partition coefficient (Wildman–Crippen LogP) is 3.47. The normalized spacial score (nSPS) is 49.1. The molecule has 0 amide bonds. The van der Waals surface area contributed by atoms with E-state index < -0.39 is 28.4 Å². The smallest absolute Gasteiger partial charge is 0.356 e. The van der Waals surface area contributed by atoms with E-state index in [4.69, 9.17) is 18.9 Å². The van der Waals surface area contributed by atoms with Gasteiger partial charge in [-0.25, -0.2) is 4.79 Å². The molecule has 6 rings (SSSR count). The molecule has 7 atom stereocenters. The van der Waals surface area contributed by atoms with Crippen molar-refractivity contribution in [3.8, 4) is 6.07 Å². The van der Waals surface area contributed by atoms with Crippen molar-refractivity contribution in [3.05, 3.63) is 11.6 Å². The number of carbonyl (C=O) groups excluding carboxylic acids is 2. The van der Waals surface area contributed by atoms with E-state index in [9.17, 15) is 14.9 Å². The lowest BCUT2D eigenvalue weighted by Gasteiger charge is -2.57. The molecule has 0 aromatic heterocycles. The first kappa shape index (κ1) is 21.8. The highest BCUT2D eigenvalue weighted by Gasteiger charge is 2.87. The van der Waals surface area contributed by atoms with Gasteiger partial charge in [0, 0.05) is 30.6 Å². The quantitative estimate of drug-likeness (QED) is 0.357. The van der Waals surface area contributed by atoms with Crippen LogP contribution in [0.25, 0.3) is 0 Å². The highest BCUT2D eigenvalue weighted by molar-refractivity contribution is 5.91. The second kappa shape index (κ2) is 6.68. The van der Waals surface area contributed by atoms with Crippen molar-refractivity contribution >= 4 is 11.8 Å². The van der Waals surface area contributed by atoms with Crippen LogP contribution >= 0.6 is 0 Å². The van der Waals surface area contributed by atoms with Crippen molar-refractivity contribution in [1.29, 1.82) is 5.26 Å². The average molecular weight is 456 g/mol. The Labute approximate surface area is 194 Å². The Bertz CT molecular complexity index is 993. The van der Waals surface area contributed by atoms with Crippen molar-refractivity contribution in [2.24, 2.45) is 28.6 Å². The Kier molecular flexibility index (Phi) is 4.40. The number of fused-ring (bicyclic) bond motifs is 6. The molecular weight excluding hydrogens is 422 g/mol. The van der Waals surface area contributed by atoms with E-state index in [0.29, 0.717) is 26.1 Å². The van der Waals surface area contributed by atoms with Gasteiger partial charge in [0.05, 0.1) is 19.8 Å². The Morgan fingerprint density at radius 1 is 1.21 bits per heavy atom. The molecular formula is C26H33NO6. The van der Waals surface area contributed by atoms with Crippen LogP contribution in [0.2, 0.25) is 0 Å². The number of ketones is 1. The van der Waals surface area contributed by atoms with Crippen molar-refractivity contribution in [3.63, 3.8) is 0 Å². The fourth-order valence-corrected chi connectivity index (χ4v) is 8.75. The van der Waals surface area contributed by atoms with Crippen LogP contribution in [0.5, 0.6) is 0 Å². The lowest BCUT2D eigenvalue weighted by molar-refractivity contribution is -0.186. The third-order valence-electron chi connectivity index (χ3n) is 10.3. The van der Waals surface area contributed by atoms with E-state index in [2.05, 4.69) is 26.0 Å². The lowest BCUT2D eigenvalue weighted by Crippen LogP contribution is -2.58. The third-order valence-corrected chi connectivity index (χ3v) is 10.3. The SMILES string of the molecule is CCOC(=O)[C@@]1(C#N)O[C@@]12CC[C@H]1[C@@H]3CC=C4CC5(CC[C@]4(C)[C@H]3C(=O)C[C@@]12C)OCCO5. The van der Waals surface area contributed by atoms with Gasteiger partial charge in [-0.05, 0) is 49.9 Å². The van der Waals surface area contributed by atoms with E-state index in [1.54, 1.807) is 6.92 Å². The van der Waals surface area contributed by atoms with Crippen LogP contribution in [0.15, 0.2) is 11.6 Å². The Morgan fingerprint density at radius 3 is 2.67 bits per heavy atom. The summed E-state index contributed by atoms with van der Waals surface area (Å²) in [4.78, 5) is 26.7. The number of esters is 1. The molecule has 33 heavy (non-hydrogen) atoms. The lowest BCUT2D eigenvalue weighted by atomic mass is 9.46. The summed E-state index contributed by atoms with van der Waals surface area (Å²) in [5, 5.41) is 9.98. The van der Waals surface area contributed by atoms with Crippen molar-refractivity contribution in [2.75, 3.05) is 19.8 Å². The molecule has 5 fully saturated rings. The van der Waals surface area contributed by atoms with E-state index in [1.165, 1.54) is 5.57 Å². The summed E-state index contributed by atoms with van der Waals surface area (Å²) in [6, 6.07) is 2.15. The summed E-state index contributed by atoms with van der Waals surface area (Å²) in [7, 11) is 0. The molecule has 7 heteroatoms. The van der Waals surface area contributed by atoms with Gasteiger partial charge in [-0.1, -0.05) is 25.5 Å². The van der Waals surface area contributed by atoms with Crippen LogP contribution in [0.3, 0.4) is 0 Å². The number of ether oxygens (including phenoxy) is 4. The first-order valence-corrected chi connectivity index (χ1v) is 12.5. The van der Waals surface area contributed by atoms with Crippen molar-refractivity contribution < 1.29 is 28.5 Å². The van der Waals surface area contributed by atoms with Crippen LogP contribution in [0.1, 0.15) is 65.7 Å². The molecule has 0 aromatic rings. The van der Waals surface area contributed by atoms with Crippen molar-refractivity contribution in [1.82, 2.24) is 0 Å². The number of carbonyl (C=O) groups is 2. The highest BCUT2D eigenvalue weighted by Crippen LogP contribution is 2.75. The molecule has 3 saturated carbocycles. The minimum absolute atomic E-state index is 0.0395. The molecule has 6 aliphatic rings. The van der Waals surface area contributed by atoms with E-state index in [-0.39, 0.29) is 35.6 Å². The number of hydrogen-bond donors (Lipinski definition) is 0. The van der Waals surface area contributed by atoms with Crippen LogP contribution in [0.4, 0.5) is 0 Å². The van der Waals surface area contributed by atoms with Gasteiger partial charge in [-0.2, -0.15) is 5.26 Å². The van der Waals surface area contributed by atoms with Gasteiger partial charge in [0.1, 0.15) is 17.5 Å². The summed E-state index contributed by atoms with van der Waals surface area (Å²) in [6.45, 7) is 7.54.